The van der Waals surface area contributed by atoms with Gasteiger partial charge in [-0.3, -0.25) is 4.79 Å². The molecule has 0 aliphatic rings. The third-order valence-corrected chi connectivity index (χ3v) is 2.72. The van der Waals surface area contributed by atoms with Gasteiger partial charge in [0.2, 0.25) is 5.91 Å². The second kappa shape index (κ2) is 6.33. The van der Waals surface area contributed by atoms with Crippen LogP contribution in [0.15, 0.2) is 18.5 Å². The summed E-state index contributed by atoms with van der Waals surface area (Å²) in [5.74, 6) is 0.0628. The summed E-state index contributed by atoms with van der Waals surface area (Å²) < 4.78 is 1.86. The van der Waals surface area contributed by atoms with Gasteiger partial charge in [-0.05, 0) is 24.5 Å². The zero-order valence-corrected chi connectivity index (χ0v) is 10.1. The Labute approximate surface area is 96.8 Å². The minimum atomic E-state index is 0.0628. The molecule has 90 valence electrons. The minimum absolute atomic E-state index is 0.0628. The van der Waals surface area contributed by atoms with Crippen molar-refractivity contribution in [2.45, 2.75) is 45.8 Å². The molecule has 0 saturated heterocycles. The highest BCUT2D eigenvalue weighted by Gasteiger charge is 2.08. The topological polar surface area (TPSA) is 60.0 Å². The van der Waals surface area contributed by atoms with Crippen LogP contribution in [-0.2, 0) is 17.9 Å². The van der Waals surface area contributed by atoms with Gasteiger partial charge in [0.15, 0.2) is 0 Å². The highest BCUT2D eigenvalue weighted by atomic mass is 16.2. The Kier molecular flexibility index (Phi) is 5.05. The van der Waals surface area contributed by atoms with Crippen LogP contribution in [0.2, 0.25) is 0 Å². The highest BCUT2D eigenvalue weighted by Crippen LogP contribution is 2.01. The minimum Gasteiger partial charge on any atom is -0.352 e. The van der Waals surface area contributed by atoms with Crippen LogP contribution < -0.4 is 11.1 Å². The van der Waals surface area contributed by atoms with Gasteiger partial charge in [-0.15, -0.1) is 0 Å². The fraction of sp³-hybridized carbons (Fsp3) is 0.583. The Bertz CT molecular complexity index is 329. The molecule has 1 amide bonds. The molecule has 0 aromatic carbocycles. The molecule has 0 saturated carbocycles. The monoisotopic (exact) mass is 223 g/mol. The van der Waals surface area contributed by atoms with Gasteiger partial charge < -0.3 is 15.6 Å². The van der Waals surface area contributed by atoms with Crippen molar-refractivity contribution in [3.63, 3.8) is 0 Å². The van der Waals surface area contributed by atoms with Crippen LogP contribution in [0.25, 0.3) is 0 Å². The second-order valence-corrected chi connectivity index (χ2v) is 3.98. The van der Waals surface area contributed by atoms with Gasteiger partial charge in [-0.2, -0.15) is 0 Å². The molecule has 1 heterocycles. The zero-order chi connectivity index (χ0) is 12.0. The van der Waals surface area contributed by atoms with Gasteiger partial charge in [0, 0.05) is 25.0 Å². The first-order chi connectivity index (χ1) is 7.69. The second-order valence-electron chi connectivity index (χ2n) is 3.98. The number of carbonyl (C=O) groups excluding carboxylic acids is 1. The molecule has 0 bridgehead atoms. The molecule has 1 aromatic heterocycles. The lowest BCUT2D eigenvalue weighted by molar-refractivity contribution is -0.122. The molecule has 0 unspecified atom stereocenters. The van der Waals surface area contributed by atoms with Crippen molar-refractivity contribution in [2.24, 2.45) is 5.73 Å². The predicted octanol–water partition coefficient (Wildman–Crippen LogP) is 1.25. The fourth-order valence-electron chi connectivity index (χ4n) is 1.64. The number of nitrogens with two attached hydrogens (primary N) is 1. The van der Waals surface area contributed by atoms with Crippen LogP contribution >= 0.6 is 0 Å². The van der Waals surface area contributed by atoms with E-state index in [-0.39, 0.29) is 11.9 Å². The van der Waals surface area contributed by atoms with Crippen molar-refractivity contribution in [2.75, 3.05) is 0 Å². The number of hydrogen-bond donors (Lipinski definition) is 2. The normalized spacial score (nSPS) is 10.8. The average molecular weight is 223 g/mol. The van der Waals surface area contributed by atoms with Gasteiger partial charge in [0.25, 0.3) is 0 Å². The van der Waals surface area contributed by atoms with Crippen LogP contribution in [0.5, 0.6) is 0 Å². The molecule has 0 aliphatic carbocycles. The highest BCUT2D eigenvalue weighted by molar-refractivity contribution is 5.76. The van der Waals surface area contributed by atoms with Crippen molar-refractivity contribution < 1.29 is 4.79 Å². The van der Waals surface area contributed by atoms with Gasteiger partial charge in [-0.25, -0.2) is 0 Å². The molecule has 16 heavy (non-hydrogen) atoms. The van der Waals surface area contributed by atoms with Crippen molar-refractivity contribution in [1.29, 1.82) is 0 Å². The fourth-order valence-corrected chi connectivity index (χ4v) is 1.64. The number of aromatic nitrogens is 1. The third kappa shape index (κ3) is 3.70. The maximum atomic E-state index is 11.7. The first-order valence-electron chi connectivity index (χ1n) is 5.83. The van der Waals surface area contributed by atoms with Gasteiger partial charge in [0.05, 0.1) is 0 Å². The van der Waals surface area contributed by atoms with E-state index in [4.69, 9.17) is 5.73 Å². The summed E-state index contributed by atoms with van der Waals surface area (Å²) in [7, 11) is 0. The quantitative estimate of drug-likeness (QED) is 0.762. The Hall–Kier alpha value is -1.29. The van der Waals surface area contributed by atoms with Crippen molar-refractivity contribution in [3.05, 3.63) is 24.0 Å². The lowest BCUT2D eigenvalue weighted by atomic mass is 10.2. The maximum Gasteiger partial charge on any atom is 0.240 e. The summed E-state index contributed by atoms with van der Waals surface area (Å²) in [5, 5.41) is 3.00. The Morgan fingerprint density at radius 1 is 1.50 bits per heavy atom. The molecule has 4 heteroatoms. The number of hydrogen-bond acceptors (Lipinski definition) is 2. The molecule has 0 spiro atoms. The third-order valence-electron chi connectivity index (χ3n) is 2.72. The molecular formula is C12H21N3O. The van der Waals surface area contributed by atoms with E-state index in [0.29, 0.717) is 13.1 Å². The zero-order valence-electron chi connectivity index (χ0n) is 10.1. The standard InChI is InChI=1S/C12H21N3O/c1-3-11(4-2)14-12(16)9-15-6-5-10(7-13)8-15/h5-6,8,11H,3-4,7,9,13H2,1-2H3,(H,14,16). The Morgan fingerprint density at radius 2 is 2.19 bits per heavy atom. The molecule has 1 rings (SSSR count). The van der Waals surface area contributed by atoms with E-state index in [1.165, 1.54) is 0 Å². The molecule has 0 atom stereocenters. The van der Waals surface area contributed by atoms with E-state index in [1.807, 2.05) is 23.0 Å². The van der Waals surface area contributed by atoms with Gasteiger partial charge >= 0.3 is 0 Å². The average Bonchev–Trinajstić information content (AvgIpc) is 2.73. The van der Waals surface area contributed by atoms with E-state index in [1.54, 1.807) is 0 Å². The maximum absolute atomic E-state index is 11.7. The molecule has 1 aromatic rings. The summed E-state index contributed by atoms with van der Waals surface area (Å²) in [6, 6.07) is 2.22. The molecule has 0 fully saturated rings. The number of amides is 1. The number of rotatable bonds is 6. The summed E-state index contributed by atoms with van der Waals surface area (Å²) >= 11 is 0. The first-order valence-corrected chi connectivity index (χ1v) is 5.83. The van der Waals surface area contributed by atoms with Gasteiger partial charge in [0.1, 0.15) is 6.54 Å². The lowest BCUT2D eigenvalue weighted by Gasteiger charge is -2.14. The number of carbonyl (C=O) groups is 1. The lowest BCUT2D eigenvalue weighted by Crippen LogP contribution is -2.35. The summed E-state index contributed by atoms with van der Waals surface area (Å²) in [6.07, 6.45) is 5.74. The van der Waals surface area contributed by atoms with E-state index in [9.17, 15) is 4.79 Å². The van der Waals surface area contributed by atoms with Crippen LogP contribution in [-0.4, -0.2) is 16.5 Å². The van der Waals surface area contributed by atoms with Crippen molar-refractivity contribution >= 4 is 5.91 Å². The van der Waals surface area contributed by atoms with Crippen molar-refractivity contribution in [1.82, 2.24) is 9.88 Å². The van der Waals surface area contributed by atoms with Crippen molar-refractivity contribution in [3.8, 4) is 0 Å². The van der Waals surface area contributed by atoms with Gasteiger partial charge in [-0.1, -0.05) is 13.8 Å². The molecule has 4 nitrogen and oxygen atoms in total. The summed E-state index contributed by atoms with van der Waals surface area (Å²) in [5.41, 5.74) is 6.56. The van der Waals surface area contributed by atoms with E-state index in [0.717, 1.165) is 18.4 Å². The molecule has 0 aliphatic heterocycles. The molecule has 3 N–H and O–H groups in total. The summed E-state index contributed by atoms with van der Waals surface area (Å²) in [6.45, 7) is 5.05. The molecule has 0 radical (unpaired) electrons. The van der Waals surface area contributed by atoms with E-state index >= 15 is 0 Å². The SMILES string of the molecule is CCC(CC)NC(=O)Cn1ccc(CN)c1. The van der Waals surface area contributed by atoms with Crippen LogP contribution in [0.3, 0.4) is 0 Å². The predicted molar refractivity (Wildman–Crippen MR) is 64.8 cm³/mol. The number of nitrogens with zero attached hydrogens (tertiary/aromatic N) is 1. The first kappa shape index (κ1) is 12.8. The van der Waals surface area contributed by atoms with Crippen LogP contribution in [0.4, 0.5) is 0 Å². The summed E-state index contributed by atoms with van der Waals surface area (Å²) in [4.78, 5) is 11.7. The Morgan fingerprint density at radius 3 is 2.69 bits per heavy atom. The van der Waals surface area contributed by atoms with Crippen LogP contribution in [0, 0.1) is 0 Å². The largest absolute Gasteiger partial charge is 0.352 e. The van der Waals surface area contributed by atoms with E-state index in [2.05, 4.69) is 19.2 Å². The molecular weight excluding hydrogens is 202 g/mol. The number of nitrogens with one attached hydrogen (secondary N) is 1. The van der Waals surface area contributed by atoms with Crippen LogP contribution in [0.1, 0.15) is 32.3 Å². The van der Waals surface area contributed by atoms with E-state index < -0.39 is 0 Å². The Balaban J connectivity index is 2.44. The smallest absolute Gasteiger partial charge is 0.240 e.